The molecule has 0 saturated heterocycles. The summed E-state index contributed by atoms with van der Waals surface area (Å²) in [5.74, 6) is 2.83. The lowest BCUT2D eigenvalue weighted by atomic mass is 10.4. The highest BCUT2D eigenvalue weighted by atomic mass is 32.1. The summed E-state index contributed by atoms with van der Waals surface area (Å²) in [5, 5.41) is 10.3. The molecule has 18 heavy (non-hydrogen) atoms. The first-order valence-electron chi connectivity index (χ1n) is 5.65. The maximum absolute atomic E-state index is 4.41. The van der Waals surface area contributed by atoms with Crippen LogP contribution >= 0.6 is 11.3 Å². The molecule has 3 rings (SSSR count). The number of aromatic nitrogens is 5. The first kappa shape index (κ1) is 11.2. The smallest absolute Gasteiger partial charge is 0.152 e. The Labute approximate surface area is 109 Å². The molecule has 0 bridgehead atoms. The van der Waals surface area contributed by atoms with Crippen molar-refractivity contribution < 1.29 is 0 Å². The zero-order valence-electron chi connectivity index (χ0n) is 10.2. The van der Waals surface area contributed by atoms with Gasteiger partial charge in [-0.05, 0) is 18.4 Å². The zero-order chi connectivity index (χ0) is 12.5. The molecule has 0 spiro atoms. The second-order valence-corrected chi connectivity index (χ2v) is 5.03. The van der Waals surface area contributed by atoms with Crippen LogP contribution in [0.3, 0.4) is 0 Å². The van der Waals surface area contributed by atoms with Crippen LogP contribution in [-0.2, 0) is 13.6 Å². The van der Waals surface area contributed by atoms with E-state index in [1.54, 1.807) is 11.3 Å². The van der Waals surface area contributed by atoms with Crippen LogP contribution in [0.25, 0.3) is 10.7 Å². The average molecular weight is 259 g/mol. The molecule has 0 aliphatic carbocycles. The van der Waals surface area contributed by atoms with Crippen molar-refractivity contribution in [1.29, 1.82) is 0 Å². The summed E-state index contributed by atoms with van der Waals surface area (Å²) in [6.45, 7) is 2.63. The van der Waals surface area contributed by atoms with E-state index in [9.17, 15) is 0 Å². The molecule has 3 heterocycles. The van der Waals surface area contributed by atoms with Crippen molar-refractivity contribution in [2.24, 2.45) is 7.05 Å². The van der Waals surface area contributed by atoms with Gasteiger partial charge in [-0.1, -0.05) is 6.07 Å². The van der Waals surface area contributed by atoms with Gasteiger partial charge in [-0.3, -0.25) is 0 Å². The molecule has 0 aliphatic rings. The van der Waals surface area contributed by atoms with Crippen molar-refractivity contribution in [3.63, 3.8) is 0 Å². The quantitative estimate of drug-likeness (QED) is 0.723. The lowest BCUT2D eigenvalue weighted by Gasteiger charge is -2.06. The molecule has 0 radical (unpaired) electrons. The van der Waals surface area contributed by atoms with Crippen molar-refractivity contribution in [3.8, 4) is 10.7 Å². The molecule has 0 amide bonds. The number of thiophene rings is 1. The maximum atomic E-state index is 4.41. The molecule has 0 N–H and O–H groups in total. The van der Waals surface area contributed by atoms with Crippen molar-refractivity contribution in [3.05, 3.63) is 41.6 Å². The number of aryl methyl sites for hydroxylation is 1. The van der Waals surface area contributed by atoms with Gasteiger partial charge in [-0.25, -0.2) is 4.98 Å². The van der Waals surface area contributed by atoms with Crippen molar-refractivity contribution >= 4 is 11.3 Å². The standard InChI is InChI=1S/C12H13N5S/c1-9-14-15-11(16(9)2)8-17-6-5-13-12(17)10-4-3-7-18-10/h3-7H,8H2,1-2H3. The fourth-order valence-electron chi connectivity index (χ4n) is 1.81. The van der Waals surface area contributed by atoms with E-state index < -0.39 is 0 Å². The molecule has 0 atom stereocenters. The van der Waals surface area contributed by atoms with E-state index in [0.717, 1.165) is 17.5 Å². The Kier molecular flexibility index (Phi) is 2.71. The van der Waals surface area contributed by atoms with Gasteiger partial charge in [0.15, 0.2) is 5.82 Å². The van der Waals surface area contributed by atoms with Crippen molar-refractivity contribution in [2.75, 3.05) is 0 Å². The second-order valence-electron chi connectivity index (χ2n) is 4.08. The van der Waals surface area contributed by atoms with E-state index in [-0.39, 0.29) is 0 Å². The topological polar surface area (TPSA) is 48.5 Å². The van der Waals surface area contributed by atoms with E-state index in [2.05, 4.69) is 31.2 Å². The van der Waals surface area contributed by atoms with E-state index in [4.69, 9.17) is 0 Å². The summed E-state index contributed by atoms with van der Waals surface area (Å²) in [4.78, 5) is 5.57. The average Bonchev–Trinajstić information content (AvgIpc) is 3.06. The normalized spacial score (nSPS) is 11.0. The summed E-state index contributed by atoms with van der Waals surface area (Å²) < 4.78 is 4.09. The fourth-order valence-corrected chi connectivity index (χ4v) is 2.55. The zero-order valence-corrected chi connectivity index (χ0v) is 11.1. The third-order valence-electron chi connectivity index (χ3n) is 2.95. The summed E-state index contributed by atoms with van der Waals surface area (Å²) in [7, 11) is 1.98. The van der Waals surface area contributed by atoms with Gasteiger partial charge in [-0.15, -0.1) is 21.5 Å². The molecule has 0 saturated carbocycles. The first-order chi connectivity index (χ1) is 8.75. The van der Waals surface area contributed by atoms with Crippen molar-refractivity contribution in [1.82, 2.24) is 24.3 Å². The number of rotatable bonds is 3. The number of hydrogen-bond donors (Lipinski definition) is 0. The molecule has 3 aromatic rings. The van der Waals surface area contributed by atoms with Crippen LogP contribution in [0, 0.1) is 6.92 Å². The van der Waals surface area contributed by atoms with E-state index in [1.165, 1.54) is 4.88 Å². The lowest BCUT2D eigenvalue weighted by Crippen LogP contribution is -2.07. The van der Waals surface area contributed by atoms with Gasteiger partial charge in [0.05, 0.1) is 11.4 Å². The van der Waals surface area contributed by atoms with Crippen molar-refractivity contribution in [2.45, 2.75) is 13.5 Å². The van der Waals surface area contributed by atoms with Gasteiger partial charge >= 0.3 is 0 Å². The summed E-state index contributed by atoms with van der Waals surface area (Å²) in [5.41, 5.74) is 0. The molecular weight excluding hydrogens is 246 g/mol. The molecule has 6 heteroatoms. The van der Waals surface area contributed by atoms with Crippen LogP contribution in [-0.4, -0.2) is 24.3 Å². The lowest BCUT2D eigenvalue weighted by molar-refractivity contribution is 0.696. The monoisotopic (exact) mass is 259 g/mol. The predicted molar refractivity (Wildman–Crippen MR) is 70.4 cm³/mol. The third-order valence-corrected chi connectivity index (χ3v) is 3.82. The van der Waals surface area contributed by atoms with Crippen LogP contribution in [0.15, 0.2) is 29.9 Å². The Bertz CT molecular complexity index is 650. The minimum Gasteiger partial charge on any atom is -0.323 e. The van der Waals surface area contributed by atoms with Crippen LogP contribution in [0.4, 0.5) is 0 Å². The van der Waals surface area contributed by atoms with Crippen LogP contribution in [0.2, 0.25) is 0 Å². The molecule has 0 unspecified atom stereocenters. The molecule has 0 fully saturated rings. The molecule has 5 nitrogen and oxygen atoms in total. The highest BCUT2D eigenvalue weighted by Crippen LogP contribution is 2.23. The predicted octanol–water partition coefficient (Wildman–Crippen LogP) is 2.10. The van der Waals surface area contributed by atoms with E-state index in [0.29, 0.717) is 6.54 Å². The minimum atomic E-state index is 0.685. The fraction of sp³-hybridized carbons (Fsp3) is 0.250. The van der Waals surface area contributed by atoms with E-state index in [1.807, 2.05) is 37.0 Å². The Morgan fingerprint density at radius 2 is 2.22 bits per heavy atom. The molecular formula is C12H13N5S. The van der Waals surface area contributed by atoms with Gasteiger partial charge in [-0.2, -0.15) is 0 Å². The van der Waals surface area contributed by atoms with E-state index >= 15 is 0 Å². The summed E-state index contributed by atoms with van der Waals surface area (Å²) >= 11 is 1.69. The number of nitrogens with zero attached hydrogens (tertiary/aromatic N) is 5. The first-order valence-corrected chi connectivity index (χ1v) is 6.53. The Balaban J connectivity index is 1.95. The van der Waals surface area contributed by atoms with Crippen LogP contribution < -0.4 is 0 Å². The Morgan fingerprint density at radius 3 is 2.89 bits per heavy atom. The maximum Gasteiger partial charge on any atom is 0.152 e. The Morgan fingerprint density at radius 1 is 1.33 bits per heavy atom. The van der Waals surface area contributed by atoms with Crippen LogP contribution in [0.5, 0.6) is 0 Å². The van der Waals surface area contributed by atoms with Gasteiger partial charge < -0.3 is 9.13 Å². The van der Waals surface area contributed by atoms with Gasteiger partial charge in [0.1, 0.15) is 11.6 Å². The summed E-state index contributed by atoms with van der Waals surface area (Å²) in [6.07, 6.45) is 3.79. The highest BCUT2D eigenvalue weighted by molar-refractivity contribution is 7.13. The number of hydrogen-bond acceptors (Lipinski definition) is 4. The molecule has 0 aromatic carbocycles. The summed E-state index contributed by atoms with van der Waals surface area (Å²) in [6, 6.07) is 4.11. The molecule has 92 valence electrons. The third kappa shape index (κ3) is 1.84. The van der Waals surface area contributed by atoms with Gasteiger partial charge in [0, 0.05) is 19.4 Å². The van der Waals surface area contributed by atoms with Crippen LogP contribution in [0.1, 0.15) is 11.6 Å². The highest BCUT2D eigenvalue weighted by Gasteiger charge is 2.10. The number of imidazole rings is 1. The Hall–Kier alpha value is -1.95. The van der Waals surface area contributed by atoms with Gasteiger partial charge in [0.25, 0.3) is 0 Å². The van der Waals surface area contributed by atoms with Gasteiger partial charge in [0.2, 0.25) is 0 Å². The SMILES string of the molecule is Cc1nnc(Cn2ccnc2-c2cccs2)n1C. The second kappa shape index (κ2) is 4.38. The molecule has 3 aromatic heterocycles. The minimum absolute atomic E-state index is 0.685. The molecule has 0 aliphatic heterocycles. The largest absolute Gasteiger partial charge is 0.323 e.